The monoisotopic (exact) mass is 273 g/mol. The van der Waals surface area contributed by atoms with Crippen molar-refractivity contribution in [2.75, 3.05) is 0 Å². The van der Waals surface area contributed by atoms with Gasteiger partial charge >= 0.3 is 5.97 Å². The molecule has 2 rings (SSSR count). The van der Waals surface area contributed by atoms with Crippen LogP contribution in [-0.2, 0) is 4.74 Å². The number of ether oxygens (including phenoxy) is 1. The predicted octanol–water partition coefficient (Wildman–Crippen LogP) is 2.84. The van der Waals surface area contributed by atoms with Crippen molar-refractivity contribution in [3.05, 3.63) is 47.8 Å². The number of hydrogen-bond acceptors (Lipinski definition) is 4. The zero-order chi connectivity index (χ0) is 14.8. The first-order valence-electron chi connectivity index (χ1n) is 6.57. The molecule has 1 atom stereocenters. The van der Waals surface area contributed by atoms with Crippen molar-refractivity contribution in [2.24, 2.45) is 0 Å². The highest BCUT2D eigenvalue weighted by atomic mass is 16.6. The molecular weight excluding hydrogens is 254 g/mol. The van der Waals surface area contributed by atoms with Gasteiger partial charge in [0.25, 0.3) is 0 Å². The summed E-state index contributed by atoms with van der Waals surface area (Å²) in [6.07, 6.45) is 1.44. The van der Waals surface area contributed by atoms with Crippen LogP contribution in [0, 0.1) is 0 Å². The second kappa shape index (κ2) is 5.45. The Morgan fingerprint density at radius 1 is 1.25 bits per heavy atom. The lowest BCUT2D eigenvalue weighted by Gasteiger charge is -2.20. The Morgan fingerprint density at radius 3 is 2.50 bits per heavy atom. The predicted molar refractivity (Wildman–Crippen MR) is 75.4 cm³/mol. The quantitative estimate of drug-likeness (QED) is 0.807. The minimum atomic E-state index is -0.540. The van der Waals surface area contributed by atoms with E-state index in [-0.39, 0.29) is 6.04 Å². The van der Waals surface area contributed by atoms with Crippen molar-refractivity contribution >= 4 is 5.97 Å². The first kappa shape index (κ1) is 14.2. The van der Waals surface area contributed by atoms with Crippen LogP contribution in [0.5, 0.6) is 0 Å². The Bertz CT molecular complexity index is 585. The molecule has 0 radical (unpaired) electrons. The highest BCUT2D eigenvalue weighted by Crippen LogP contribution is 2.19. The number of carbonyl (C=O) groups is 1. The molecule has 0 fully saturated rings. The molecule has 0 spiro atoms. The van der Waals surface area contributed by atoms with Crippen molar-refractivity contribution in [3.8, 4) is 0 Å². The molecule has 20 heavy (non-hydrogen) atoms. The first-order chi connectivity index (χ1) is 9.38. The van der Waals surface area contributed by atoms with Gasteiger partial charge in [0, 0.05) is 0 Å². The summed E-state index contributed by atoms with van der Waals surface area (Å²) in [4.78, 5) is 12.2. The third-order valence-corrected chi connectivity index (χ3v) is 2.83. The molecule has 0 bridgehead atoms. The molecule has 1 aromatic carbocycles. The smallest absolute Gasteiger partial charge is 0.358 e. The fourth-order valence-electron chi connectivity index (χ4n) is 1.88. The normalized spacial score (nSPS) is 13.0. The number of nitrogens with zero attached hydrogens (tertiary/aromatic N) is 3. The number of esters is 1. The molecule has 2 aromatic rings. The molecule has 0 unspecified atom stereocenters. The number of carbonyl (C=O) groups excluding carboxylic acids is 1. The molecule has 0 aliphatic heterocycles. The van der Waals surface area contributed by atoms with E-state index in [1.165, 1.54) is 6.20 Å². The molecule has 0 amide bonds. The minimum Gasteiger partial charge on any atom is -0.455 e. The lowest BCUT2D eigenvalue weighted by Crippen LogP contribution is -2.26. The van der Waals surface area contributed by atoms with E-state index in [0.29, 0.717) is 5.69 Å². The van der Waals surface area contributed by atoms with Crippen LogP contribution in [-0.4, -0.2) is 26.6 Å². The van der Waals surface area contributed by atoms with E-state index in [2.05, 4.69) is 10.3 Å². The van der Waals surface area contributed by atoms with Crippen molar-refractivity contribution in [3.63, 3.8) is 0 Å². The van der Waals surface area contributed by atoms with Crippen LogP contribution in [0.4, 0.5) is 0 Å². The van der Waals surface area contributed by atoms with Crippen LogP contribution in [0.2, 0.25) is 0 Å². The standard InChI is InChI=1S/C15H19N3O2/c1-11(12-8-6-5-7-9-12)18-13(10-16-17-18)14(19)20-15(2,3)4/h5-11H,1-4H3/t11-/m1/s1. The van der Waals surface area contributed by atoms with E-state index in [4.69, 9.17) is 4.74 Å². The molecule has 5 nitrogen and oxygen atoms in total. The van der Waals surface area contributed by atoms with Gasteiger partial charge in [-0.05, 0) is 33.3 Å². The molecule has 0 aliphatic carbocycles. The maximum absolute atomic E-state index is 12.2. The number of aromatic nitrogens is 3. The Morgan fingerprint density at radius 2 is 1.90 bits per heavy atom. The summed E-state index contributed by atoms with van der Waals surface area (Å²) in [6.45, 7) is 7.47. The maximum Gasteiger partial charge on any atom is 0.358 e. The molecule has 0 saturated heterocycles. The molecule has 0 aliphatic rings. The number of benzene rings is 1. The zero-order valence-corrected chi connectivity index (χ0v) is 12.2. The van der Waals surface area contributed by atoms with Crippen molar-refractivity contribution in [1.82, 2.24) is 15.0 Å². The third-order valence-electron chi connectivity index (χ3n) is 2.83. The summed E-state index contributed by atoms with van der Waals surface area (Å²) in [7, 11) is 0. The van der Waals surface area contributed by atoms with Crippen LogP contribution in [0.3, 0.4) is 0 Å². The lowest BCUT2D eigenvalue weighted by molar-refractivity contribution is 0.00549. The SMILES string of the molecule is C[C@H](c1ccccc1)n1nncc1C(=O)OC(C)(C)C. The topological polar surface area (TPSA) is 57.0 Å². The zero-order valence-electron chi connectivity index (χ0n) is 12.2. The van der Waals surface area contributed by atoms with Crippen LogP contribution < -0.4 is 0 Å². The van der Waals surface area contributed by atoms with Gasteiger partial charge in [-0.2, -0.15) is 0 Å². The molecule has 1 heterocycles. The van der Waals surface area contributed by atoms with Crippen LogP contribution in [0.15, 0.2) is 36.5 Å². The molecule has 106 valence electrons. The summed E-state index contributed by atoms with van der Waals surface area (Å²) in [5.74, 6) is -0.412. The molecular formula is C15H19N3O2. The summed E-state index contributed by atoms with van der Waals surface area (Å²) in [6, 6.07) is 9.76. The average molecular weight is 273 g/mol. The lowest BCUT2D eigenvalue weighted by atomic mass is 10.1. The summed E-state index contributed by atoms with van der Waals surface area (Å²) in [5, 5.41) is 7.84. The Hall–Kier alpha value is -2.17. The van der Waals surface area contributed by atoms with Gasteiger partial charge in [-0.3, -0.25) is 0 Å². The minimum absolute atomic E-state index is 0.0822. The number of rotatable bonds is 3. The van der Waals surface area contributed by atoms with Gasteiger partial charge in [0.1, 0.15) is 5.60 Å². The average Bonchev–Trinajstić information content (AvgIpc) is 2.86. The third kappa shape index (κ3) is 3.23. The largest absolute Gasteiger partial charge is 0.455 e. The molecule has 0 N–H and O–H groups in total. The Labute approximate surface area is 118 Å². The molecule has 0 saturated carbocycles. The molecule has 5 heteroatoms. The fraction of sp³-hybridized carbons (Fsp3) is 0.400. The second-order valence-corrected chi connectivity index (χ2v) is 5.65. The van der Waals surface area contributed by atoms with E-state index in [1.54, 1.807) is 4.68 Å². The highest BCUT2D eigenvalue weighted by Gasteiger charge is 2.24. The van der Waals surface area contributed by atoms with Gasteiger partial charge in [-0.1, -0.05) is 35.5 Å². The van der Waals surface area contributed by atoms with Crippen molar-refractivity contribution in [2.45, 2.75) is 39.3 Å². The maximum atomic E-state index is 12.2. The molecule has 1 aromatic heterocycles. The van der Waals surface area contributed by atoms with E-state index in [1.807, 2.05) is 58.0 Å². The van der Waals surface area contributed by atoms with Crippen molar-refractivity contribution < 1.29 is 9.53 Å². The fourth-order valence-corrected chi connectivity index (χ4v) is 1.88. The Kier molecular flexibility index (Phi) is 3.88. The number of hydrogen-bond donors (Lipinski definition) is 0. The van der Waals surface area contributed by atoms with E-state index in [9.17, 15) is 4.79 Å². The Balaban J connectivity index is 2.27. The van der Waals surface area contributed by atoms with Crippen molar-refractivity contribution in [1.29, 1.82) is 0 Å². The summed E-state index contributed by atoms with van der Waals surface area (Å²) < 4.78 is 6.96. The van der Waals surface area contributed by atoms with Gasteiger partial charge in [0.05, 0.1) is 12.2 Å². The van der Waals surface area contributed by atoms with Crippen LogP contribution in [0.25, 0.3) is 0 Å². The van der Waals surface area contributed by atoms with Gasteiger partial charge in [0.15, 0.2) is 5.69 Å². The summed E-state index contributed by atoms with van der Waals surface area (Å²) in [5.41, 5.74) is 0.876. The van der Waals surface area contributed by atoms with Gasteiger partial charge in [0.2, 0.25) is 0 Å². The van der Waals surface area contributed by atoms with E-state index < -0.39 is 11.6 Å². The van der Waals surface area contributed by atoms with Crippen LogP contribution in [0.1, 0.15) is 49.8 Å². The first-order valence-corrected chi connectivity index (χ1v) is 6.57. The summed E-state index contributed by atoms with van der Waals surface area (Å²) >= 11 is 0. The van der Waals surface area contributed by atoms with Gasteiger partial charge in [-0.15, -0.1) is 5.10 Å². The second-order valence-electron chi connectivity index (χ2n) is 5.65. The van der Waals surface area contributed by atoms with Crippen LogP contribution >= 0.6 is 0 Å². The van der Waals surface area contributed by atoms with Gasteiger partial charge < -0.3 is 4.74 Å². The van der Waals surface area contributed by atoms with Gasteiger partial charge in [-0.25, -0.2) is 9.48 Å². The highest BCUT2D eigenvalue weighted by molar-refractivity contribution is 5.87. The van der Waals surface area contributed by atoms with E-state index in [0.717, 1.165) is 5.56 Å². The van der Waals surface area contributed by atoms with E-state index >= 15 is 0 Å².